The lowest BCUT2D eigenvalue weighted by Gasteiger charge is -2.57. The lowest BCUT2D eigenvalue weighted by Crippen LogP contribution is -2.65. The number of aliphatic hydroxyl groups excluding tert-OH is 11. The number of hydrogen-bond acceptors (Lipinski definition) is 25. The minimum absolute atomic E-state index is 0.0330. The van der Waals surface area contributed by atoms with Crippen LogP contribution in [0, 0.1) is 35.0 Å². The van der Waals surface area contributed by atoms with E-state index >= 15 is 0 Å². The van der Waals surface area contributed by atoms with Crippen LogP contribution in [0.4, 0.5) is 0 Å². The first-order valence-corrected chi connectivity index (χ1v) is 25.7. The number of Topliss-reactive ketones (excluding diaryl/α,β-unsaturated/α-hetero) is 1. The van der Waals surface area contributed by atoms with Crippen molar-refractivity contribution < 1.29 is 123 Å². The quantitative estimate of drug-likeness (QED) is 0.0683. The van der Waals surface area contributed by atoms with Crippen molar-refractivity contribution in [3.05, 3.63) is 22.8 Å². The number of ketones is 1. The van der Waals surface area contributed by atoms with Gasteiger partial charge in [-0.3, -0.25) is 9.59 Å². The summed E-state index contributed by atoms with van der Waals surface area (Å²) in [6, 6.07) is 0. The molecule has 1 saturated carbocycles. The predicted molar refractivity (Wildman–Crippen MR) is 240 cm³/mol. The van der Waals surface area contributed by atoms with Crippen molar-refractivity contribution >= 4 is 11.8 Å². The molecular formula is C49H72O25. The maximum absolute atomic E-state index is 14.9. The smallest absolute Gasteiger partial charge is 0.303 e. The number of esters is 1. The number of ether oxygens (including phenoxy) is 11. The molecule has 10 rings (SSSR count). The number of hydrogen-bond donors (Lipinski definition) is 12. The van der Waals surface area contributed by atoms with Crippen molar-refractivity contribution in [2.24, 2.45) is 35.0 Å². The van der Waals surface area contributed by atoms with Crippen LogP contribution in [-0.4, -0.2) is 247 Å². The van der Waals surface area contributed by atoms with E-state index in [1.807, 2.05) is 13.0 Å². The van der Waals surface area contributed by atoms with E-state index in [2.05, 4.69) is 0 Å². The van der Waals surface area contributed by atoms with Crippen molar-refractivity contribution in [1.29, 1.82) is 0 Å². The molecule has 0 aromatic carbocycles. The molecule has 12 N–H and O–H groups in total. The molecule has 0 radical (unpaired) electrons. The van der Waals surface area contributed by atoms with Crippen LogP contribution in [0.5, 0.6) is 0 Å². The predicted octanol–water partition coefficient (Wildman–Crippen LogP) is -4.73. The number of carbonyl (C=O) groups is 2. The van der Waals surface area contributed by atoms with Crippen LogP contribution in [0.25, 0.3) is 0 Å². The molecule has 25 nitrogen and oxygen atoms in total. The monoisotopic (exact) mass is 1060 g/mol. The van der Waals surface area contributed by atoms with E-state index in [0.717, 1.165) is 11.1 Å². The largest absolute Gasteiger partial charge is 0.459 e. The number of rotatable bonds is 11. The van der Waals surface area contributed by atoms with Gasteiger partial charge in [0.05, 0.1) is 58.0 Å². The van der Waals surface area contributed by atoms with Gasteiger partial charge in [-0.05, 0) is 44.4 Å². The molecule has 6 heterocycles. The highest BCUT2D eigenvalue weighted by atomic mass is 16.8. The average Bonchev–Trinajstić information content (AvgIpc) is 4.00. The second-order valence-corrected chi connectivity index (χ2v) is 22.3. The number of carbonyl (C=O) groups excluding carboxylic acids is 2. The minimum Gasteiger partial charge on any atom is -0.459 e. The maximum Gasteiger partial charge on any atom is 0.303 e. The van der Waals surface area contributed by atoms with Gasteiger partial charge in [-0.2, -0.15) is 0 Å². The Labute approximate surface area is 425 Å². The van der Waals surface area contributed by atoms with E-state index in [9.17, 15) is 70.9 Å². The number of aliphatic hydroxyl groups is 12. The standard InChI is InChI=1S/C49H72O25/c1-17-12-67-49(41(61)36(17)69-19(3)52)25(11-50)30-23-7-8-24-22(29(23)33(58)38(30)74-49)6-5-20-9-21(53)10-28(47(20,24)4)70-45-40(37(27(55)14-65-45)71-43-34(59)32(57)26(54)13-64-43)73-44-35(60)39(31(56)18(2)68-44)72-46-42(62)48(63,15-51)16-66-46/h5,17-18,21-22,24-28,30-32,34-46,50-51,53-57,59-63H,6-16H2,1-4H3/t17-,18-,21+,22+,24-,25-,26+,27-,28+,30-,31-,32-,34+,35+,36?,37-,38+,39+,40+,41?,42-,43-,44-,45-,46-,47-,48+,49-/m0/s1. The molecule has 74 heavy (non-hydrogen) atoms. The molecule has 10 aliphatic rings. The molecule has 28 atom stereocenters. The Morgan fingerprint density at radius 2 is 1.49 bits per heavy atom. The van der Waals surface area contributed by atoms with Gasteiger partial charge < -0.3 is 113 Å². The highest BCUT2D eigenvalue weighted by Gasteiger charge is 2.70. The Morgan fingerprint density at radius 1 is 0.784 bits per heavy atom. The molecule has 0 amide bonds. The second-order valence-electron chi connectivity index (χ2n) is 22.3. The molecular weight excluding hydrogens is 989 g/mol. The first kappa shape index (κ1) is 55.1. The Morgan fingerprint density at radius 3 is 2.19 bits per heavy atom. The maximum atomic E-state index is 14.9. The topological polar surface area (TPSA) is 378 Å². The Bertz CT molecular complexity index is 2150. The van der Waals surface area contributed by atoms with Crippen LogP contribution in [0.1, 0.15) is 59.8 Å². The second kappa shape index (κ2) is 20.8. The summed E-state index contributed by atoms with van der Waals surface area (Å²) in [4.78, 5) is 27.0. The minimum atomic E-state index is -2.11. The van der Waals surface area contributed by atoms with Crippen molar-refractivity contribution in [3.63, 3.8) is 0 Å². The summed E-state index contributed by atoms with van der Waals surface area (Å²) in [5.41, 5.74) is -0.833. The van der Waals surface area contributed by atoms with Crippen molar-refractivity contribution in [1.82, 2.24) is 0 Å². The fourth-order valence-corrected chi connectivity index (χ4v) is 13.8. The van der Waals surface area contributed by atoms with Gasteiger partial charge in [-0.25, -0.2) is 0 Å². The van der Waals surface area contributed by atoms with Crippen LogP contribution in [0.2, 0.25) is 0 Å². The van der Waals surface area contributed by atoms with E-state index in [1.54, 1.807) is 6.92 Å². The van der Waals surface area contributed by atoms with Gasteiger partial charge in [-0.1, -0.05) is 31.1 Å². The third-order valence-electron chi connectivity index (χ3n) is 17.9. The first-order chi connectivity index (χ1) is 35.1. The summed E-state index contributed by atoms with van der Waals surface area (Å²) in [6.07, 6.45) is -26.4. The highest BCUT2D eigenvalue weighted by Crippen LogP contribution is 2.64. The summed E-state index contributed by atoms with van der Waals surface area (Å²) in [5.74, 6) is -5.39. The van der Waals surface area contributed by atoms with E-state index in [1.165, 1.54) is 13.8 Å². The van der Waals surface area contributed by atoms with Gasteiger partial charge in [0, 0.05) is 42.1 Å². The molecule has 1 spiro atoms. The third-order valence-corrected chi connectivity index (χ3v) is 17.9. The molecule has 6 aliphatic heterocycles. The lowest BCUT2D eigenvalue weighted by molar-refractivity contribution is -0.387. The SMILES string of the molecule is CC(=O)OC1C(O)[C@@]2(OC[C@@H]1C)O[C@H]1C(=O)C3=C(CC[C@H]4[C@H]3CC=C3C[C@@H](O)C[C@@H](O[C@@H]5OC[C@H](O)[C@H](O[C@@H]6OC[C@@H](O)[C@H](O)[C@H]6O)[C@H]5O[C@@H]5O[C@@H](C)[C@H](O)[C@@H](O[C@@H]6OC[C@](O)(CO)[C@H]6O)[C@H]5O)[C@@]34C)[C@H]1[C@@H]2CO. The van der Waals surface area contributed by atoms with Crippen molar-refractivity contribution in [3.8, 4) is 0 Å². The van der Waals surface area contributed by atoms with E-state index in [0.29, 0.717) is 24.8 Å². The van der Waals surface area contributed by atoms with Gasteiger partial charge in [0.1, 0.15) is 85.0 Å². The fourth-order valence-electron chi connectivity index (χ4n) is 13.8. The Hall–Kier alpha value is -2.26. The molecule has 25 heteroatoms. The zero-order chi connectivity index (χ0) is 53.1. The zero-order valence-electron chi connectivity index (χ0n) is 41.5. The molecule has 0 aromatic heterocycles. The average molecular weight is 1060 g/mol. The van der Waals surface area contributed by atoms with Crippen molar-refractivity contribution in [2.75, 3.05) is 39.6 Å². The van der Waals surface area contributed by atoms with Crippen LogP contribution in [-0.2, 0) is 61.7 Å². The molecule has 0 bridgehead atoms. The van der Waals surface area contributed by atoms with Crippen LogP contribution >= 0.6 is 0 Å². The normalized spacial score (nSPS) is 53.3. The Balaban J connectivity index is 0.945. The van der Waals surface area contributed by atoms with Crippen LogP contribution < -0.4 is 0 Å². The fraction of sp³-hybridized carbons (Fsp3) is 0.878. The molecule has 2 unspecified atom stereocenters. The summed E-state index contributed by atoms with van der Waals surface area (Å²) in [5, 5.41) is 132. The molecule has 0 aromatic rings. The summed E-state index contributed by atoms with van der Waals surface area (Å²) in [7, 11) is 0. The number of fused-ring (bicyclic) bond motifs is 6. The van der Waals surface area contributed by atoms with E-state index < -0.39 is 202 Å². The molecule has 7 fully saturated rings. The van der Waals surface area contributed by atoms with Gasteiger partial charge in [0.25, 0.3) is 0 Å². The van der Waals surface area contributed by atoms with Crippen LogP contribution in [0.15, 0.2) is 22.8 Å². The van der Waals surface area contributed by atoms with Crippen LogP contribution in [0.3, 0.4) is 0 Å². The highest BCUT2D eigenvalue weighted by molar-refractivity contribution is 6.04. The molecule has 6 saturated heterocycles. The van der Waals surface area contributed by atoms with Gasteiger partial charge in [0.2, 0.25) is 5.79 Å². The molecule has 418 valence electrons. The lowest BCUT2D eigenvalue weighted by atomic mass is 9.51. The first-order valence-electron chi connectivity index (χ1n) is 25.7. The summed E-state index contributed by atoms with van der Waals surface area (Å²) in [6.45, 7) is 3.55. The zero-order valence-corrected chi connectivity index (χ0v) is 41.5. The van der Waals surface area contributed by atoms with Gasteiger partial charge in [-0.15, -0.1) is 0 Å². The van der Waals surface area contributed by atoms with E-state index in [4.69, 9.17) is 52.1 Å². The Kier molecular flexibility index (Phi) is 15.4. The summed E-state index contributed by atoms with van der Waals surface area (Å²) < 4.78 is 66.8. The van der Waals surface area contributed by atoms with Gasteiger partial charge >= 0.3 is 5.97 Å². The van der Waals surface area contributed by atoms with E-state index in [-0.39, 0.29) is 31.1 Å². The van der Waals surface area contributed by atoms with Crippen molar-refractivity contribution in [2.45, 2.75) is 194 Å². The number of allylic oxidation sites excluding steroid dienone is 1. The molecule has 4 aliphatic carbocycles. The summed E-state index contributed by atoms with van der Waals surface area (Å²) >= 11 is 0. The van der Waals surface area contributed by atoms with Gasteiger partial charge in [0.15, 0.2) is 30.9 Å². The third kappa shape index (κ3) is 8.96.